The van der Waals surface area contributed by atoms with Crippen LogP contribution in [-0.2, 0) is 4.79 Å². The zero-order valence-corrected chi connectivity index (χ0v) is 9.57. The SMILES string of the molecule is CC(NC(C1CC1)C1CC1)C(C)C(=O)O. The van der Waals surface area contributed by atoms with Crippen LogP contribution in [0.4, 0.5) is 0 Å². The second kappa shape index (κ2) is 4.12. The summed E-state index contributed by atoms with van der Waals surface area (Å²) in [6.45, 7) is 3.79. The lowest BCUT2D eigenvalue weighted by molar-refractivity contribution is -0.142. The first kappa shape index (κ1) is 10.9. The van der Waals surface area contributed by atoms with E-state index in [0.29, 0.717) is 6.04 Å². The van der Waals surface area contributed by atoms with Crippen LogP contribution in [0, 0.1) is 17.8 Å². The van der Waals surface area contributed by atoms with Crippen molar-refractivity contribution in [2.75, 3.05) is 0 Å². The summed E-state index contributed by atoms with van der Waals surface area (Å²) in [4.78, 5) is 10.9. The van der Waals surface area contributed by atoms with Gasteiger partial charge in [0.2, 0.25) is 0 Å². The monoisotopic (exact) mass is 211 g/mol. The van der Waals surface area contributed by atoms with E-state index in [2.05, 4.69) is 5.32 Å². The fourth-order valence-corrected chi connectivity index (χ4v) is 2.23. The molecule has 0 aromatic heterocycles. The second-order valence-electron chi connectivity index (χ2n) is 5.28. The number of carboxylic acid groups (broad SMARTS) is 1. The van der Waals surface area contributed by atoms with Crippen molar-refractivity contribution in [2.24, 2.45) is 17.8 Å². The summed E-state index contributed by atoms with van der Waals surface area (Å²) in [5.41, 5.74) is 0. The minimum absolute atomic E-state index is 0.0914. The molecule has 2 aliphatic carbocycles. The van der Waals surface area contributed by atoms with Gasteiger partial charge in [0.15, 0.2) is 0 Å². The molecule has 0 amide bonds. The van der Waals surface area contributed by atoms with E-state index in [1.165, 1.54) is 25.7 Å². The van der Waals surface area contributed by atoms with Crippen molar-refractivity contribution >= 4 is 5.97 Å². The van der Waals surface area contributed by atoms with E-state index >= 15 is 0 Å². The van der Waals surface area contributed by atoms with E-state index in [0.717, 1.165) is 11.8 Å². The lowest BCUT2D eigenvalue weighted by Gasteiger charge is -2.25. The maximum absolute atomic E-state index is 10.9. The summed E-state index contributed by atoms with van der Waals surface area (Å²) < 4.78 is 0. The molecule has 0 aromatic carbocycles. The molecule has 2 unspecified atom stereocenters. The molecule has 86 valence electrons. The van der Waals surface area contributed by atoms with Gasteiger partial charge in [-0.15, -0.1) is 0 Å². The Balaban J connectivity index is 1.85. The average Bonchev–Trinajstić information content (AvgIpc) is 3.03. The highest BCUT2D eigenvalue weighted by Gasteiger charge is 2.42. The maximum atomic E-state index is 10.9. The minimum atomic E-state index is -0.694. The summed E-state index contributed by atoms with van der Waals surface area (Å²) in [5.74, 6) is 0.687. The smallest absolute Gasteiger partial charge is 0.307 e. The fourth-order valence-electron chi connectivity index (χ4n) is 2.23. The van der Waals surface area contributed by atoms with Crippen LogP contribution in [0.25, 0.3) is 0 Å². The van der Waals surface area contributed by atoms with Gasteiger partial charge in [0.1, 0.15) is 0 Å². The van der Waals surface area contributed by atoms with Crippen molar-refractivity contribution in [3.63, 3.8) is 0 Å². The number of aliphatic carboxylic acids is 1. The molecule has 0 aromatic rings. The van der Waals surface area contributed by atoms with E-state index in [1.54, 1.807) is 6.92 Å². The van der Waals surface area contributed by atoms with Crippen LogP contribution >= 0.6 is 0 Å². The van der Waals surface area contributed by atoms with Gasteiger partial charge in [-0.25, -0.2) is 0 Å². The van der Waals surface area contributed by atoms with Gasteiger partial charge >= 0.3 is 5.97 Å². The van der Waals surface area contributed by atoms with Crippen LogP contribution in [0.5, 0.6) is 0 Å². The largest absolute Gasteiger partial charge is 0.481 e. The van der Waals surface area contributed by atoms with Crippen molar-refractivity contribution in [1.82, 2.24) is 5.32 Å². The van der Waals surface area contributed by atoms with Crippen LogP contribution in [0.3, 0.4) is 0 Å². The van der Waals surface area contributed by atoms with Crippen molar-refractivity contribution in [2.45, 2.75) is 51.6 Å². The Labute approximate surface area is 91.2 Å². The van der Waals surface area contributed by atoms with Gasteiger partial charge in [0, 0.05) is 12.1 Å². The summed E-state index contributed by atoms with van der Waals surface area (Å²) in [5, 5.41) is 12.5. The second-order valence-corrected chi connectivity index (χ2v) is 5.28. The highest BCUT2D eigenvalue weighted by atomic mass is 16.4. The quantitative estimate of drug-likeness (QED) is 0.705. The number of nitrogens with one attached hydrogen (secondary N) is 1. The number of rotatable bonds is 6. The van der Waals surface area contributed by atoms with Crippen LogP contribution in [-0.4, -0.2) is 23.2 Å². The highest BCUT2D eigenvalue weighted by molar-refractivity contribution is 5.70. The van der Waals surface area contributed by atoms with Gasteiger partial charge in [0.05, 0.1) is 5.92 Å². The predicted molar refractivity (Wildman–Crippen MR) is 58.6 cm³/mol. The molecule has 2 fully saturated rings. The summed E-state index contributed by atoms with van der Waals surface area (Å²) in [6, 6.07) is 0.690. The number of hydrogen-bond donors (Lipinski definition) is 2. The van der Waals surface area contributed by atoms with Gasteiger partial charge in [-0.05, 0) is 44.4 Å². The molecule has 0 spiro atoms. The third kappa shape index (κ3) is 2.71. The zero-order chi connectivity index (χ0) is 11.0. The molecule has 0 aliphatic heterocycles. The molecule has 3 nitrogen and oxygen atoms in total. The van der Waals surface area contributed by atoms with E-state index in [1.807, 2.05) is 6.92 Å². The fraction of sp³-hybridized carbons (Fsp3) is 0.917. The zero-order valence-electron chi connectivity index (χ0n) is 9.57. The molecule has 2 aliphatic rings. The molecule has 0 heterocycles. The lowest BCUT2D eigenvalue weighted by Crippen LogP contribution is -2.44. The van der Waals surface area contributed by atoms with Crippen LogP contribution < -0.4 is 5.32 Å². The standard InChI is InChI=1S/C12H21NO2/c1-7(12(14)15)8(2)13-11(9-3-4-9)10-5-6-10/h7-11,13H,3-6H2,1-2H3,(H,14,15). The first-order valence-electron chi connectivity index (χ1n) is 6.08. The topological polar surface area (TPSA) is 49.3 Å². The minimum Gasteiger partial charge on any atom is -0.481 e. The van der Waals surface area contributed by atoms with Gasteiger partial charge in [-0.2, -0.15) is 0 Å². The van der Waals surface area contributed by atoms with Gasteiger partial charge in [0.25, 0.3) is 0 Å². The van der Waals surface area contributed by atoms with Gasteiger partial charge in [-0.1, -0.05) is 6.92 Å². The van der Waals surface area contributed by atoms with Crippen molar-refractivity contribution in [3.8, 4) is 0 Å². The Morgan fingerprint density at radius 1 is 1.20 bits per heavy atom. The summed E-state index contributed by atoms with van der Waals surface area (Å²) in [6.07, 6.45) is 5.34. The normalized spacial score (nSPS) is 25.3. The average molecular weight is 211 g/mol. The summed E-state index contributed by atoms with van der Waals surface area (Å²) >= 11 is 0. The molecule has 0 bridgehead atoms. The number of hydrogen-bond acceptors (Lipinski definition) is 2. The Kier molecular flexibility index (Phi) is 3.01. The molecule has 2 rings (SSSR count). The molecular formula is C12H21NO2. The molecule has 0 saturated heterocycles. The molecule has 3 heteroatoms. The van der Waals surface area contributed by atoms with E-state index in [4.69, 9.17) is 5.11 Å². The lowest BCUT2D eigenvalue weighted by atomic mass is 10.00. The Morgan fingerprint density at radius 3 is 2.00 bits per heavy atom. The Bertz CT molecular complexity index is 234. The van der Waals surface area contributed by atoms with Gasteiger partial charge in [-0.3, -0.25) is 4.79 Å². The third-order valence-corrected chi connectivity index (χ3v) is 3.85. The number of carbonyl (C=O) groups is 1. The highest BCUT2D eigenvalue weighted by Crippen LogP contribution is 2.44. The Morgan fingerprint density at radius 2 is 1.67 bits per heavy atom. The molecule has 2 N–H and O–H groups in total. The third-order valence-electron chi connectivity index (χ3n) is 3.85. The van der Waals surface area contributed by atoms with Crippen LogP contribution in [0.1, 0.15) is 39.5 Å². The van der Waals surface area contributed by atoms with E-state index < -0.39 is 5.97 Å². The maximum Gasteiger partial charge on any atom is 0.307 e. The predicted octanol–water partition coefficient (Wildman–Crippen LogP) is 1.87. The Hall–Kier alpha value is -0.570. The number of carboxylic acids is 1. The first-order valence-corrected chi connectivity index (χ1v) is 6.08. The van der Waals surface area contributed by atoms with E-state index in [-0.39, 0.29) is 12.0 Å². The van der Waals surface area contributed by atoms with Crippen LogP contribution in [0.15, 0.2) is 0 Å². The van der Waals surface area contributed by atoms with E-state index in [9.17, 15) is 4.79 Å². The molecular weight excluding hydrogens is 190 g/mol. The molecule has 2 saturated carbocycles. The molecule has 2 atom stereocenters. The first-order chi connectivity index (χ1) is 7.09. The van der Waals surface area contributed by atoms with Crippen molar-refractivity contribution < 1.29 is 9.90 Å². The molecule has 0 radical (unpaired) electrons. The van der Waals surface area contributed by atoms with Gasteiger partial charge < -0.3 is 10.4 Å². The molecule has 15 heavy (non-hydrogen) atoms. The summed E-state index contributed by atoms with van der Waals surface area (Å²) in [7, 11) is 0. The van der Waals surface area contributed by atoms with Crippen LogP contribution in [0.2, 0.25) is 0 Å². The van der Waals surface area contributed by atoms with Crippen molar-refractivity contribution in [3.05, 3.63) is 0 Å². The van der Waals surface area contributed by atoms with Crippen molar-refractivity contribution in [1.29, 1.82) is 0 Å².